The largest absolute Gasteiger partial charge is 0.387 e. The molecule has 1 aromatic rings. The number of urea groups is 1. The fourth-order valence-electron chi connectivity index (χ4n) is 2.78. The molecule has 3 N–H and O–H groups in total. The Kier molecular flexibility index (Phi) is 6.49. The second kappa shape index (κ2) is 8.36. The van der Waals surface area contributed by atoms with Gasteiger partial charge in [0.25, 0.3) is 0 Å². The van der Waals surface area contributed by atoms with Crippen molar-refractivity contribution < 1.29 is 9.90 Å². The maximum atomic E-state index is 11.8. The number of nitrogens with zero attached hydrogens (tertiary/aromatic N) is 1. The van der Waals surface area contributed by atoms with E-state index in [0.29, 0.717) is 23.0 Å². The minimum absolute atomic E-state index is 0.139. The third-order valence-corrected chi connectivity index (χ3v) is 4.34. The van der Waals surface area contributed by atoms with Crippen LogP contribution in [0.1, 0.15) is 24.5 Å². The highest BCUT2D eigenvalue weighted by molar-refractivity contribution is 6.31. The number of piperidine rings is 1. The molecule has 0 aliphatic carbocycles. The molecule has 0 aromatic heterocycles. The van der Waals surface area contributed by atoms with Gasteiger partial charge in [0, 0.05) is 30.2 Å². The summed E-state index contributed by atoms with van der Waals surface area (Å²) in [6, 6.07) is 6.84. The summed E-state index contributed by atoms with van der Waals surface area (Å²) in [6.45, 7) is 2.95. The van der Waals surface area contributed by atoms with Crippen molar-refractivity contribution in [2.45, 2.75) is 18.9 Å². The number of amides is 2. The highest BCUT2D eigenvalue weighted by Crippen LogP contribution is 2.21. The lowest BCUT2D eigenvalue weighted by Gasteiger charge is -2.29. The predicted molar refractivity (Wildman–Crippen MR) is 88.0 cm³/mol. The van der Waals surface area contributed by atoms with Crippen LogP contribution in [0.2, 0.25) is 5.02 Å². The Hall–Kier alpha value is -1.30. The predicted octanol–water partition coefficient (Wildman–Crippen LogP) is 2.01. The number of hydrogen-bond donors (Lipinski definition) is 3. The molecule has 2 atom stereocenters. The number of likely N-dealkylation sites (tertiary alicyclic amines) is 1. The fraction of sp³-hybridized carbons (Fsp3) is 0.562. The first-order chi connectivity index (χ1) is 10.6. The third-order valence-electron chi connectivity index (χ3n) is 3.99. The molecule has 6 heteroatoms. The van der Waals surface area contributed by atoms with Crippen LogP contribution in [0.4, 0.5) is 4.79 Å². The summed E-state index contributed by atoms with van der Waals surface area (Å²) in [4.78, 5) is 14.1. The molecule has 1 fully saturated rings. The second-order valence-corrected chi connectivity index (χ2v) is 6.31. The molecule has 5 nitrogen and oxygen atoms in total. The third kappa shape index (κ3) is 5.16. The molecular formula is C16H24ClN3O2. The molecule has 2 amide bonds. The van der Waals surface area contributed by atoms with Crippen molar-refractivity contribution in [3.8, 4) is 0 Å². The van der Waals surface area contributed by atoms with Crippen LogP contribution in [-0.4, -0.2) is 49.3 Å². The van der Waals surface area contributed by atoms with Crippen LogP contribution in [0.3, 0.4) is 0 Å². The van der Waals surface area contributed by atoms with Crippen LogP contribution in [0.25, 0.3) is 0 Å². The highest BCUT2D eigenvalue weighted by Gasteiger charge is 2.18. The number of rotatable bonds is 5. The molecule has 1 aliphatic heterocycles. The van der Waals surface area contributed by atoms with E-state index in [-0.39, 0.29) is 12.6 Å². The quantitative estimate of drug-likeness (QED) is 0.776. The van der Waals surface area contributed by atoms with Gasteiger partial charge in [-0.15, -0.1) is 0 Å². The Morgan fingerprint density at radius 2 is 2.23 bits per heavy atom. The van der Waals surface area contributed by atoms with Crippen LogP contribution in [0.5, 0.6) is 0 Å². The first kappa shape index (κ1) is 17.1. The average Bonchev–Trinajstić information content (AvgIpc) is 2.51. The van der Waals surface area contributed by atoms with E-state index in [4.69, 9.17) is 11.6 Å². The monoisotopic (exact) mass is 325 g/mol. The Morgan fingerprint density at radius 3 is 2.95 bits per heavy atom. The zero-order valence-corrected chi connectivity index (χ0v) is 13.6. The van der Waals surface area contributed by atoms with Gasteiger partial charge in [-0.2, -0.15) is 0 Å². The molecule has 0 saturated carbocycles. The highest BCUT2D eigenvalue weighted by atomic mass is 35.5. The number of halogens is 1. The van der Waals surface area contributed by atoms with Crippen LogP contribution in [0.15, 0.2) is 24.3 Å². The number of carbonyl (C=O) groups excluding carboxylic acids is 1. The van der Waals surface area contributed by atoms with Crippen molar-refractivity contribution in [2.75, 3.05) is 33.2 Å². The van der Waals surface area contributed by atoms with E-state index in [0.717, 1.165) is 19.5 Å². The van der Waals surface area contributed by atoms with Gasteiger partial charge in [-0.3, -0.25) is 0 Å². The van der Waals surface area contributed by atoms with Crippen molar-refractivity contribution in [2.24, 2.45) is 5.92 Å². The van der Waals surface area contributed by atoms with Crippen molar-refractivity contribution in [1.82, 2.24) is 15.5 Å². The number of aliphatic hydroxyl groups is 1. The topological polar surface area (TPSA) is 64.6 Å². The standard InChI is InChI=1S/C16H24ClN3O2/c1-20-8-4-5-12(11-20)9-18-16(22)19-10-15(21)13-6-2-3-7-14(13)17/h2-3,6-7,12,15,21H,4-5,8-11H2,1H3,(H2,18,19,22). The van der Waals surface area contributed by atoms with E-state index in [1.54, 1.807) is 18.2 Å². The Bertz CT molecular complexity index is 498. The lowest BCUT2D eigenvalue weighted by molar-refractivity contribution is 0.171. The maximum Gasteiger partial charge on any atom is 0.314 e. The van der Waals surface area contributed by atoms with Gasteiger partial charge in [0.2, 0.25) is 0 Å². The van der Waals surface area contributed by atoms with Gasteiger partial charge in [-0.1, -0.05) is 29.8 Å². The molecule has 1 aliphatic rings. The summed E-state index contributed by atoms with van der Waals surface area (Å²) in [5, 5.41) is 16.1. The minimum Gasteiger partial charge on any atom is -0.387 e. The van der Waals surface area contributed by atoms with Crippen molar-refractivity contribution >= 4 is 17.6 Å². The van der Waals surface area contributed by atoms with Gasteiger partial charge >= 0.3 is 6.03 Å². The number of hydrogen-bond acceptors (Lipinski definition) is 3. The van der Waals surface area contributed by atoms with E-state index in [1.165, 1.54) is 6.42 Å². The summed E-state index contributed by atoms with van der Waals surface area (Å²) in [5.74, 6) is 0.498. The van der Waals surface area contributed by atoms with E-state index in [9.17, 15) is 9.90 Å². The first-order valence-electron chi connectivity index (χ1n) is 7.69. The Balaban J connectivity index is 1.70. The van der Waals surface area contributed by atoms with E-state index >= 15 is 0 Å². The SMILES string of the molecule is CN1CCCC(CNC(=O)NCC(O)c2ccccc2Cl)C1. The lowest BCUT2D eigenvalue weighted by atomic mass is 9.99. The molecule has 1 heterocycles. The molecule has 1 aromatic carbocycles. The van der Waals surface area contributed by atoms with Gasteiger partial charge in [-0.25, -0.2) is 4.79 Å². The molecule has 0 radical (unpaired) electrons. The average molecular weight is 326 g/mol. The zero-order chi connectivity index (χ0) is 15.9. The minimum atomic E-state index is -0.805. The van der Waals surface area contributed by atoms with Crippen LogP contribution >= 0.6 is 11.6 Å². The van der Waals surface area contributed by atoms with Crippen LogP contribution < -0.4 is 10.6 Å². The van der Waals surface area contributed by atoms with Gasteiger partial charge in [0.15, 0.2) is 0 Å². The van der Waals surface area contributed by atoms with E-state index in [1.807, 2.05) is 6.07 Å². The summed E-state index contributed by atoms with van der Waals surface area (Å²) < 4.78 is 0. The summed E-state index contributed by atoms with van der Waals surface area (Å²) in [7, 11) is 2.10. The van der Waals surface area contributed by atoms with Gasteiger partial charge < -0.3 is 20.6 Å². The van der Waals surface area contributed by atoms with Crippen molar-refractivity contribution in [3.05, 3.63) is 34.9 Å². The molecular weight excluding hydrogens is 302 g/mol. The van der Waals surface area contributed by atoms with E-state index in [2.05, 4.69) is 22.6 Å². The van der Waals surface area contributed by atoms with Crippen LogP contribution in [-0.2, 0) is 0 Å². The maximum absolute atomic E-state index is 11.8. The molecule has 0 spiro atoms. The molecule has 1 saturated heterocycles. The second-order valence-electron chi connectivity index (χ2n) is 5.90. The molecule has 2 rings (SSSR count). The lowest BCUT2D eigenvalue weighted by Crippen LogP contribution is -2.43. The van der Waals surface area contributed by atoms with Crippen molar-refractivity contribution in [3.63, 3.8) is 0 Å². The van der Waals surface area contributed by atoms with Crippen LogP contribution in [0, 0.1) is 5.92 Å². The smallest absolute Gasteiger partial charge is 0.314 e. The molecule has 22 heavy (non-hydrogen) atoms. The first-order valence-corrected chi connectivity index (χ1v) is 8.07. The Morgan fingerprint density at radius 1 is 1.45 bits per heavy atom. The molecule has 0 bridgehead atoms. The van der Waals surface area contributed by atoms with Crippen molar-refractivity contribution in [1.29, 1.82) is 0 Å². The van der Waals surface area contributed by atoms with Gasteiger partial charge in [0.05, 0.1) is 6.10 Å². The fourth-order valence-corrected chi connectivity index (χ4v) is 3.05. The van der Waals surface area contributed by atoms with E-state index < -0.39 is 6.10 Å². The summed E-state index contributed by atoms with van der Waals surface area (Å²) in [5.41, 5.74) is 0.623. The molecule has 2 unspecified atom stereocenters. The molecule has 122 valence electrons. The normalized spacial score (nSPS) is 20.4. The number of nitrogens with one attached hydrogen (secondary N) is 2. The zero-order valence-electron chi connectivity index (χ0n) is 12.9. The van der Waals surface area contributed by atoms with Gasteiger partial charge in [0.1, 0.15) is 0 Å². The number of carbonyl (C=O) groups is 1. The number of benzene rings is 1. The summed E-state index contributed by atoms with van der Waals surface area (Å²) >= 11 is 6.02. The number of aliphatic hydroxyl groups excluding tert-OH is 1. The Labute approximate surface area is 136 Å². The van der Waals surface area contributed by atoms with Gasteiger partial charge in [-0.05, 0) is 38.4 Å². The summed E-state index contributed by atoms with van der Waals surface area (Å²) in [6.07, 6.45) is 1.52.